The first-order chi connectivity index (χ1) is 14.0. The number of rotatable bonds is 8. The molecule has 0 amide bonds. The average molecular weight is 459 g/mol. The van der Waals surface area contributed by atoms with E-state index in [0.29, 0.717) is 11.2 Å². The number of imidazole rings is 1. The molecule has 0 aliphatic carbocycles. The van der Waals surface area contributed by atoms with Crippen molar-refractivity contribution in [1.82, 2.24) is 19.5 Å². The predicted octanol–water partition coefficient (Wildman–Crippen LogP) is 0.792. The van der Waals surface area contributed by atoms with Gasteiger partial charge in [0, 0.05) is 7.11 Å². The van der Waals surface area contributed by atoms with Gasteiger partial charge in [0.1, 0.15) is 23.8 Å². The lowest BCUT2D eigenvalue weighted by Gasteiger charge is -2.37. The average Bonchev–Trinajstić information content (AvgIpc) is 3.20. The summed E-state index contributed by atoms with van der Waals surface area (Å²) in [7, 11) is 1.52. The number of nitrogen functional groups attached to an aromatic ring is 2. The number of hydrogen-bond donors (Lipinski definition) is 2. The first kappa shape index (κ1) is 23.3. The van der Waals surface area contributed by atoms with Gasteiger partial charge in [-0.3, -0.25) is 4.57 Å². The van der Waals surface area contributed by atoms with Crippen molar-refractivity contribution in [3.8, 4) is 0 Å². The molecule has 1 fully saturated rings. The van der Waals surface area contributed by atoms with Gasteiger partial charge in [-0.25, -0.2) is 4.98 Å². The number of aromatic nitrogens is 4. The van der Waals surface area contributed by atoms with E-state index in [1.54, 1.807) is 18.4 Å². The molecule has 5 atom stereocenters. The minimum Gasteiger partial charge on any atom is -0.800 e. The Morgan fingerprint density at radius 2 is 1.97 bits per heavy atom. The van der Waals surface area contributed by atoms with E-state index in [0.717, 1.165) is 0 Å². The highest BCUT2D eigenvalue weighted by Gasteiger charge is 2.48. The van der Waals surface area contributed by atoms with Crippen LogP contribution in [0.1, 0.15) is 33.9 Å². The van der Waals surface area contributed by atoms with Crippen molar-refractivity contribution in [3.05, 3.63) is 6.33 Å². The largest absolute Gasteiger partial charge is 0.800 e. The van der Waals surface area contributed by atoms with Gasteiger partial charge in [0.15, 0.2) is 17.7 Å². The van der Waals surface area contributed by atoms with Crippen LogP contribution in [-0.2, 0) is 30.5 Å². The maximum absolute atomic E-state index is 12.9. The van der Waals surface area contributed by atoms with Crippen LogP contribution < -0.4 is 16.4 Å². The third-order valence-electron chi connectivity index (χ3n) is 4.79. The molecule has 3 heterocycles. The molecule has 2 aromatic heterocycles. The SMILES string of the molecule is COC1[C@@H](OP([O-])(=S)C(C)C)[C@@H](COC(C)C)O[C@H]1n1cnc2c(N)nc(N)nc21. The van der Waals surface area contributed by atoms with Gasteiger partial charge in [-0.05, 0) is 26.0 Å². The molecule has 0 radical (unpaired) electrons. The molecular formula is C17H28N6O5PS-. The third kappa shape index (κ3) is 4.59. The molecule has 0 spiro atoms. The summed E-state index contributed by atoms with van der Waals surface area (Å²) in [6.45, 7) is 4.21. The summed E-state index contributed by atoms with van der Waals surface area (Å²) in [6.07, 6.45) is -1.18. The Morgan fingerprint density at radius 1 is 1.27 bits per heavy atom. The van der Waals surface area contributed by atoms with Gasteiger partial charge in [0.2, 0.25) is 5.95 Å². The molecule has 0 bridgehead atoms. The quantitative estimate of drug-likeness (QED) is 0.538. The molecule has 3 rings (SSSR count). The molecular weight excluding hydrogens is 431 g/mol. The highest BCUT2D eigenvalue weighted by Crippen LogP contribution is 2.48. The van der Waals surface area contributed by atoms with Crippen molar-refractivity contribution in [3.63, 3.8) is 0 Å². The molecule has 2 aromatic rings. The second kappa shape index (κ2) is 8.99. The Hall–Kier alpha value is -1.40. The molecule has 13 heteroatoms. The summed E-state index contributed by atoms with van der Waals surface area (Å²) in [5, 5.41) is 0. The Bertz CT molecular complexity index is 941. The Kier molecular flexibility index (Phi) is 6.97. The Morgan fingerprint density at radius 3 is 2.57 bits per heavy atom. The lowest BCUT2D eigenvalue weighted by Crippen LogP contribution is -2.39. The highest BCUT2D eigenvalue weighted by molar-refractivity contribution is 8.09. The van der Waals surface area contributed by atoms with Gasteiger partial charge >= 0.3 is 0 Å². The van der Waals surface area contributed by atoms with E-state index in [9.17, 15) is 4.89 Å². The van der Waals surface area contributed by atoms with Crippen molar-refractivity contribution in [2.24, 2.45) is 0 Å². The zero-order valence-electron chi connectivity index (χ0n) is 17.6. The summed E-state index contributed by atoms with van der Waals surface area (Å²) >= 11 is 5.25. The number of nitrogens with two attached hydrogens (primary N) is 2. The fourth-order valence-corrected chi connectivity index (χ4v) is 4.30. The molecule has 0 saturated carbocycles. The zero-order chi connectivity index (χ0) is 22.2. The number of anilines is 2. The van der Waals surface area contributed by atoms with Gasteiger partial charge in [-0.15, -0.1) is 0 Å². The molecule has 4 N–H and O–H groups in total. The first-order valence-corrected chi connectivity index (χ1v) is 12.3. The van der Waals surface area contributed by atoms with Gasteiger partial charge < -0.3 is 35.1 Å². The van der Waals surface area contributed by atoms with E-state index in [1.807, 2.05) is 13.8 Å². The van der Waals surface area contributed by atoms with Crippen LogP contribution in [0.25, 0.3) is 11.2 Å². The van der Waals surface area contributed by atoms with Crippen LogP contribution in [0.4, 0.5) is 11.8 Å². The van der Waals surface area contributed by atoms with Crippen molar-refractivity contribution in [2.45, 2.75) is 64.0 Å². The zero-order valence-corrected chi connectivity index (χ0v) is 19.3. The molecule has 1 saturated heterocycles. The van der Waals surface area contributed by atoms with E-state index in [-0.39, 0.29) is 30.1 Å². The second-order valence-corrected chi connectivity index (χ2v) is 11.5. The summed E-state index contributed by atoms with van der Waals surface area (Å²) in [5.74, 6) is 0.168. The van der Waals surface area contributed by atoms with E-state index in [2.05, 4.69) is 15.0 Å². The van der Waals surface area contributed by atoms with Crippen LogP contribution in [-0.4, -0.2) is 63.3 Å². The monoisotopic (exact) mass is 459 g/mol. The van der Waals surface area contributed by atoms with Crippen molar-refractivity contribution in [1.29, 1.82) is 0 Å². The summed E-state index contributed by atoms with van der Waals surface area (Å²) in [6, 6.07) is 0. The normalized spacial score (nSPS) is 26.7. The molecule has 2 unspecified atom stereocenters. The Balaban J connectivity index is 2.00. The van der Waals surface area contributed by atoms with Gasteiger partial charge in [-0.1, -0.05) is 25.7 Å². The molecule has 168 valence electrons. The topological polar surface area (TPSA) is 156 Å². The minimum absolute atomic E-state index is 0.0103. The van der Waals surface area contributed by atoms with Gasteiger partial charge in [-0.2, -0.15) is 9.97 Å². The lowest BCUT2D eigenvalue weighted by atomic mass is 10.1. The molecule has 1 aliphatic heterocycles. The van der Waals surface area contributed by atoms with Crippen molar-refractivity contribution >= 4 is 41.2 Å². The van der Waals surface area contributed by atoms with Gasteiger partial charge in [0.25, 0.3) is 0 Å². The summed E-state index contributed by atoms with van der Waals surface area (Å²) in [5.41, 5.74) is 12.1. The maximum atomic E-state index is 12.9. The van der Waals surface area contributed by atoms with E-state index >= 15 is 0 Å². The van der Waals surface area contributed by atoms with Crippen LogP contribution >= 0.6 is 6.49 Å². The fraction of sp³-hybridized carbons (Fsp3) is 0.706. The van der Waals surface area contributed by atoms with E-state index in [4.69, 9.17) is 42.0 Å². The van der Waals surface area contributed by atoms with Gasteiger partial charge in [0.05, 0.1) is 19.0 Å². The lowest BCUT2D eigenvalue weighted by molar-refractivity contribution is -0.193. The summed E-state index contributed by atoms with van der Waals surface area (Å²) in [4.78, 5) is 25.3. The standard InChI is InChI=1S/C17H29N6O5PS/c1-8(2)26-6-10-12(28-29(24,30)9(3)4)13(25-5)16(27-10)23-7-20-11-14(18)21-17(19)22-15(11)23/h7-10,12-13,16H,6H2,1-5H3,(H,24,30)(H4,18,19,21,22)/p-1/t10-,12+,13?,16-,29?/m1/s1. The third-order valence-corrected chi connectivity index (χ3v) is 8.12. The summed E-state index contributed by atoms with van der Waals surface area (Å²) < 4.78 is 25.2. The smallest absolute Gasteiger partial charge is 0.224 e. The minimum atomic E-state index is -3.34. The number of methoxy groups -OCH3 is 1. The molecule has 1 aliphatic rings. The molecule has 0 aromatic carbocycles. The highest BCUT2D eigenvalue weighted by atomic mass is 32.5. The van der Waals surface area contributed by atoms with E-state index < -0.39 is 31.0 Å². The number of ether oxygens (including phenoxy) is 3. The van der Waals surface area contributed by atoms with Crippen LogP contribution in [0.2, 0.25) is 0 Å². The fourth-order valence-electron chi connectivity index (χ4n) is 3.16. The van der Waals surface area contributed by atoms with Crippen molar-refractivity contribution in [2.75, 3.05) is 25.2 Å². The predicted molar refractivity (Wildman–Crippen MR) is 114 cm³/mol. The van der Waals surface area contributed by atoms with Crippen LogP contribution in [0.5, 0.6) is 0 Å². The van der Waals surface area contributed by atoms with Crippen LogP contribution in [0.15, 0.2) is 6.33 Å². The maximum Gasteiger partial charge on any atom is 0.224 e. The first-order valence-electron chi connectivity index (χ1n) is 9.59. The molecule has 11 nitrogen and oxygen atoms in total. The van der Waals surface area contributed by atoms with Crippen LogP contribution in [0.3, 0.4) is 0 Å². The molecule has 30 heavy (non-hydrogen) atoms. The number of nitrogens with zero attached hydrogens (tertiary/aromatic N) is 4. The Labute approximate surface area is 180 Å². The van der Waals surface area contributed by atoms with Crippen molar-refractivity contribution < 1.29 is 23.6 Å². The number of fused-ring (bicyclic) bond motifs is 1. The van der Waals surface area contributed by atoms with E-state index in [1.165, 1.54) is 13.4 Å². The number of hydrogen-bond acceptors (Lipinski definition) is 11. The second-order valence-electron chi connectivity index (χ2n) is 7.64. The van der Waals surface area contributed by atoms with Crippen LogP contribution in [0, 0.1) is 0 Å².